The molecule has 6 nitrogen and oxygen atoms in total. The molecule has 1 aromatic rings. The van der Waals surface area contributed by atoms with E-state index in [1.54, 1.807) is 6.92 Å². The Labute approximate surface area is 75.7 Å². The molecule has 0 aliphatic heterocycles. The lowest BCUT2D eigenvalue weighted by Crippen LogP contribution is -2.27. The highest BCUT2D eigenvalue weighted by Crippen LogP contribution is 2.02. The van der Waals surface area contributed by atoms with Crippen LogP contribution in [0.15, 0.2) is 4.42 Å². The van der Waals surface area contributed by atoms with Gasteiger partial charge in [-0.1, -0.05) is 12.0 Å². The van der Waals surface area contributed by atoms with E-state index in [9.17, 15) is 4.79 Å². The Balaban J connectivity index is 2.36. The minimum absolute atomic E-state index is 0.139. The van der Waals surface area contributed by atoms with Gasteiger partial charge in [0.15, 0.2) is 0 Å². The van der Waals surface area contributed by atoms with E-state index in [0.717, 1.165) is 6.54 Å². The van der Waals surface area contributed by atoms with Gasteiger partial charge in [0.2, 0.25) is 11.8 Å². The number of aryl methyl sites for hydroxylation is 1. The number of carbonyl (C=O) groups is 1. The Hall–Kier alpha value is -1.43. The van der Waals surface area contributed by atoms with Crippen molar-refractivity contribution >= 4 is 11.9 Å². The molecule has 0 saturated heterocycles. The molecule has 0 unspecified atom stereocenters. The minimum atomic E-state index is -0.189. The first kappa shape index (κ1) is 9.66. The summed E-state index contributed by atoms with van der Waals surface area (Å²) in [5, 5.41) is 12.5. The van der Waals surface area contributed by atoms with Crippen molar-refractivity contribution in [3.63, 3.8) is 0 Å². The number of rotatable bonds is 4. The Morgan fingerprint density at radius 2 is 2.31 bits per heavy atom. The van der Waals surface area contributed by atoms with Crippen molar-refractivity contribution in [3.05, 3.63) is 5.89 Å². The largest absolute Gasteiger partial charge is 0.408 e. The van der Waals surface area contributed by atoms with Crippen LogP contribution in [0.3, 0.4) is 0 Å². The van der Waals surface area contributed by atoms with Crippen molar-refractivity contribution in [2.24, 2.45) is 0 Å². The Kier molecular flexibility index (Phi) is 3.39. The van der Waals surface area contributed by atoms with Crippen LogP contribution in [0.1, 0.15) is 12.8 Å². The van der Waals surface area contributed by atoms with Crippen LogP contribution in [-0.2, 0) is 4.79 Å². The third-order valence-corrected chi connectivity index (χ3v) is 1.31. The number of likely N-dealkylation sites (N-methyl/N-ethyl adjacent to an activating group) is 1. The van der Waals surface area contributed by atoms with Crippen LogP contribution >= 0.6 is 0 Å². The zero-order valence-corrected chi connectivity index (χ0v) is 7.63. The topological polar surface area (TPSA) is 80.0 Å². The molecule has 1 aromatic heterocycles. The molecule has 6 heteroatoms. The van der Waals surface area contributed by atoms with Crippen molar-refractivity contribution in [3.8, 4) is 0 Å². The molecule has 1 heterocycles. The summed E-state index contributed by atoms with van der Waals surface area (Å²) in [6, 6.07) is 0.139. The lowest BCUT2D eigenvalue weighted by atomic mass is 10.5. The van der Waals surface area contributed by atoms with Gasteiger partial charge in [-0.2, -0.15) is 0 Å². The predicted molar refractivity (Wildman–Crippen MR) is 46.2 cm³/mol. The van der Waals surface area contributed by atoms with Gasteiger partial charge in [-0.25, -0.2) is 0 Å². The van der Waals surface area contributed by atoms with E-state index in [1.165, 1.54) is 0 Å². The number of aromatic nitrogens is 2. The highest BCUT2D eigenvalue weighted by atomic mass is 16.4. The molecule has 1 amide bonds. The van der Waals surface area contributed by atoms with E-state index in [0.29, 0.717) is 5.89 Å². The van der Waals surface area contributed by atoms with Crippen molar-refractivity contribution in [1.29, 1.82) is 0 Å². The third kappa shape index (κ3) is 3.20. The average molecular weight is 184 g/mol. The van der Waals surface area contributed by atoms with Gasteiger partial charge in [-0.3, -0.25) is 10.1 Å². The summed E-state index contributed by atoms with van der Waals surface area (Å²) < 4.78 is 4.95. The Morgan fingerprint density at radius 1 is 1.54 bits per heavy atom. The second kappa shape index (κ2) is 4.56. The standard InChI is InChI=1S/C7H12N4O2/c1-3-8-4-6(12)9-7-11-10-5(2)13-7/h8H,3-4H2,1-2H3,(H,9,11,12). The molecule has 0 fully saturated rings. The summed E-state index contributed by atoms with van der Waals surface area (Å²) in [7, 11) is 0. The fraction of sp³-hybridized carbons (Fsp3) is 0.571. The van der Waals surface area contributed by atoms with Crippen molar-refractivity contribution in [1.82, 2.24) is 15.5 Å². The first-order chi connectivity index (χ1) is 6.22. The second-order valence-corrected chi connectivity index (χ2v) is 2.45. The van der Waals surface area contributed by atoms with Crippen molar-refractivity contribution in [2.75, 3.05) is 18.4 Å². The van der Waals surface area contributed by atoms with Gasteiger partial charge in [0.25, 0.3) is 0 Å². The molecule has 0 aliphatic carbocycles. The molecule has 0 aromatic carbocycles. The third-order valence-electron chi connectivity index (χ3n) is 1.31. The summed E-state index contributed by atoms with van der Waals surface area (Å²) in [5.41, 5.74) is 0. The Morgan fingerprint density at radius 3 is 2.85 bits per heavy atom. The zero-order valence-electron chi connectivity index (χ0n) is 7.63. The first-order valence-corrected chi connectivity index (χ1v) is 4.03. The molecule has 0 saturated carbocycles. The van der Waals surface area contributed by atoms with Crippen LogP contribution in [0.25, 0.3) is 0 Å². The monoisotopic (exact) mass is 184 g/mol. The number of amides is 1. The predicted octanol–water partition coefficient (Wildman–Crippen LogP) is -0.0740. The number of hydrogen-bond donors (Lipinski definition) is 2. The molecule has 0 spiro atoms. The maximum absolute atomic E-state index is 11.1. The summed E-state index contributed by atoms with van der Waals surface area (Å²) in [4.78, 5) is 11.1. The Bertz CT molecular complexity index is 284. The molecule has 2 N–H and O–H groups in total. The highest BCUT2D eigenvalue weighted by Gasteiger charge is 2.05. The summed E-state index contributed by atoms with van der Waals surface area (Å²) in [5.74, 6) is 0.240. The van der Waals surface area contributed by atoms with Gasteiger partial charge >= 0.3 is 6.01 Å². The van der Waals surface area contributed by atoms with Gasteiger partial charge < -0.3 is 9.73 Å². The molecule has 13 heavy (non-hydrogen) atoms. The normalized spacial score (nSPS) is 10.0. The first-order valence-electron chi connectivity index (χ1n) is 4.03. The highest BCUT2D eigenvalue weighted by molar-refractivity contribution is 5.90. The van der Waals surface area contributed by atoms with E-state index >= 15 is 0 Å². The van der Waals surface area contributed by atoms with Gasteiger partial charge in [-0.05, 0) is 6.54 Å². The van der Waals surface area contributed by atoms with E-state index in [4.69, 9.17) is 4.42 Å². The van der Waals surface area contributed by atoms with Gasteiger partial charge in [-0.15, -0.1) is 5.10 Å². The summed E-state index contributed by atoms with van der Waals surface area (Å²) in [6.45, 7) is 4.57. The summed E-state index contributed by atoms with van der Waals surface area (Å²) >= 11 is 0. The number of hydrogen-bond acceptors (Lipinski definition) is 5. The van der Waals surface area contributed by atoms with Crippen LogP contribution < -0.4 is 10.6 Å². The lowest BCUT2D eigenvalue weighted by Gasteiger charge is -1.99. The van der Waals surface area contributed by atoms with Crippen molar-refractivity contribution in [2.45, 2.75) is 13.8 Å². The quantitative estimate of drug-likeness (QED) is 0.684. The van der Waals surface area contributed by atoms with E-state index in [-0.39, 0.29) is 18.5 Å². The lowest BCUT2D eigenvalue weighted by molar-refractivity contribution is -0.115. The van der Waals surface area contributed by atoms with Gasteiger partial charge in [0, 0.05) is 6.92 Å². The molecule has 0 bridgehead atoms. The zero-order chi connectivity index (χ0) is 9.68. The molecule has 0 radical (unpaired) electrons. The number of nitrogens with one attached hydrogen (secondary N) is 2. The van der Waals surface area contributed by atoms with Crippen LogP contribution in [-0.4, -0.2) is 29.2 Å². The molecule has 1 rings (SSSR count). The second-order valence-electron chi connectivity index (χ2n) is 2.45. The fourth-order valence-corrected chi connectivity index (χ4v) is 0.749. The fourth-order valence-electron chi connectivity index (χ4n) is 0.749. The average Bonchev–Trinajstić information content (AvgIpc) is 2.48. The maximum atomic E-state index is 11.1. The number of nitrogens with zero attached hydrogens (tertiary/aromatic N) is 2. The number of anilines is 1. The molecular weight excluding hydrogens is 172 g/mol. The van der Waals surface area contributed by atoms with Gasteiger partial charge in [0.1, 0.15) is 0 Å². The van der Waals surface area contributed by atoms with Crippen molar-refractivity contribution < 1.29 is 9.21 Å². The van der Waals surface area contributed by atoms with Crippen LogP contribution in [0.2, 0.25) is 0 Å². The van der Waals surface area contributed by atoms with Crippen LogP contribution in [0, 0.1) is 6.92 Å². The minimum Gasteiger partial charge on any atom is -0.408 e. The van der Waals surface area contributed by atoms with Crippen LogP contribution in [0.4, 0.5) is 6.01 Å². The molecule has 0 aliphatic rings. The van der Waals surface area contributed by atoms with E-state index in [2.05, 4.69) is 20.8 Å². The summed E-state index contributed by atoms with van der Waals surface area (Å²) in [6.07, 6.45) is 0. The SMILES string of the molecule is CCNCC(=O)Nc1nnc(C)o1. The molecule has 72 valence electrons. The van der Waals surface area contributed by atoms with E-state index < -0.39 is 0 Å². The molecular formula is C7H12N4O2. The van der Waals surface area contributed by atoms with Gasteiger partial charge in [0.05, 0.1) is 6.54 Å². The number of carbonyl (C=O) groups excluding carboxylic acids is 1. The smallest absolute Gasteiger partial charge is 0.322 e. The van der Waals surface area contributed by atoms with E-state index in [1.807, 2.05) is 6.92 Å². The molecule has 0 atom stereocenters. The maximum Gasteiger partial charge on any atom is 0.322 e. The van der Waals surface area contributed by atoms with Crippen LogP contribution in [0.5, 0.6) is 0 Å².